The number of rotatable bonds is 4. The van der Waals surface area contributed by atoms with E-state index in [-0.39, 0.29) is 12.6 Å². The Morgan fingerprint density at radius 1 is 1.03 bits per heavy atom. The molecule has 4 aromatic rings. The topological polar surface area (TPSA) is 81.3 Å². The third kappa shape index (κ3) is 3.10. The number of nitrogens with zero attached hydrogens (tertiary/aromatic N) is 2. The second kappa shape index (κ2) is 7.74. The van der Waals surface area contributed by atoms with E-state index in [1.165, 1.54) is 0 Å². The van der Waals surface area contributed by atoms with Gasteiger partial charge in [-0.2, -0.15) is 0 Å². The molecule has 8 heteroatoms. The molecule has 1 saturated heterocycles. The first-order chi connectivity index (χ1) is 17.2. The standard InChI is InChI=1S/C27H24N4O4/c1-2-30-9-11-31(12-10-30)20-14-19(28-16-7-8-21-22(13-16)34-15-33-21)23-24-25(20)29-35-27(24)18-6-4-3-5-17(18)26(23)32/h3-8,13-14,28H,2,9-12,15H2,1H3/p+1. The number of carbonyl (C=O) groups excluding carboxylic acids is 1. The van der Waals surface area contributed by atoms with E-state index in [9.17, 15) is 4.79 Å². The van der Waals surface area contributed by atoms with Crippen molar-refractivity contribution in [1.82, 2.24) is 5.16 Å². The molecule has 2 aliphatic heterocycles. The number of hydrogen-bond donors (Lipinski definition) is 2. The molecule has 0 bridgehead atoms. The van der Waals surface area contributed by atoms with Gasteiger partial charge in [0.1, 0.15) is 5.52 Å². The molecule has 3 heterocycles. The molecule has 7 rings (SSSR count). The van der Waals surface area contributed by atoms with E-state index in [1.807, 2.05) is 42.5 Å². The molecule has 0 saturated carbocycles. The summed E-state index contributed by atoms with van der Waals surface area (Å²) in [5, 5.41) is 8.77. The van der Waals surface area contributed by atoms with Crippen LogP contribution < -0.4 is 24.6 Å². The maximum absolute atomic E-state index is 13.8. The van der Waals surface area contributed by atoms with Crippen molar-refractivity contribution >= 4 is 33.7 Å². The van der Waals surface area contributed by atoms with Crippen LogP contribution in [0.2, 0.25) is 0 Å². The van der Waals surface area contributed by atoms with Crippen molar-refractivity contribution in [2.24, 2.45) is 0 Å². The number of benzene rings is 3. The van der Waals surface area contributed by atoms with Gasteiger partial charge >= 0.3 is 0 Å². The number of likely N-dealkylation sites (N-methyl/N-ethyl adjacent to an activating group) is 1. The number of ketones is 1. The predicted octanol–water partition coefficient (Wildman–Crippen LogP) is 3.24. The molecule has 35 heavy (non-hydrogen) atoms. The van der Waals surface area contributed by atoms with Gasteiger partial charge in [-0.05, 0) is 25.1 Å². The number of aromatic nitrogens is 1. The summed E-state index contributed by atoms with van der Waals surface area (Å²) in [6.45, 7) is 7.55. The van der Waals surface area contributed by atoms with Crippen LogP contribution >= 0.6 is 0 Å². The fourth-order valence-electron chi connectivity index (χ4n) is 5.43. The van der Waals surface area contributed by atoms with E-state index in [0.29, 0.717) is 22.6 Å². The number of hydrogen-bond acceptors (Lipinski definition) is 7. The Kier molecular flexibility index (Phi) is 4.50. The average Bonchev–Trinajstić information content (AvgIpc) is 3.55. The largest absolute Gasteiger partial charge is 0.454 e. The molecule has 0 amide bonds. The summed E-state index contributed by atoms with van der Waals surface area (Å²) in [7, 11) is 0. The summed E-state index contributed by atoms with van der Waals surface area (Å²) in [6.07, 6.45) is 0. The first-order valence-electron chi connectivity index (χ1n) is 12.1. The molecule has 0 atom stereocenters. The van der Waals surface area contributed by atoms with Crippen LogP contribution in [0, 0.1) is 0 Å². The monoisotopic (exact) mass is 469 g/mol. The lowest BCUT2D eigenvalue weighted by Crippen LogP contribution is -3.14. The molecule has 3 aliphatic rings. The number of carbonyl (C=O) groups is 1. The third-order valence-corrected chi connectivity index (χ3v) is 7.34. The van der Waals surface area contributed by atoms with Crippen LogP contribution in [0.1, 0.15) is 22.8 Å². The molecule has 1 fully saturated rings. The lowest BCUT2D eigenvalue weighted by molar-refractivity contribution is -0.898. The second-order valence-corrected chi connectivity index (χ2v) is 9.21. The van der Waals surface area contributed by atoms with E-state index in [1.54, 1.807) is 4.90 Å². The van der Waals surface area contributed by atoms with Crippen LogP contribution in [-0.4, -0.2) is 50.5 Å². The Morgan fingerprint density at radius 3 is 2.66 bits per heavy atom. The van der Waals surface area contributed by atoms with Crippen LogP contribution in [0.3, 0.4) is 0 Å². The molecule has 0 unspecified atom stereocenters. The van der Waals surface area contributed by atoms with Crippen molar-refractivity contribution in [2.75, 3.05) is 49.7 Å². The summed E-state index contributed by atoms with van der Waals surface area (Å²) >= 11 is 0. The van der Waals surface area contributed by atoms with E-state index in [4.69, 9.17) is 14.0 Å². The highest BCUT2D eigenvalue weighted by Crippen LogP contribution is 2.46. The molecule has 2 N–H and O–H groups in total. The zero-order chi connectivity index (χ0) is 23.5. The Labute approximate surface area is 202 Å². The van der Waals surface area contributed by atoms with Crippen LogP contribution in [0.25, 0.3) is 22.2 Å². The van der Waals surface area contributed by atoms with Gasteiger partial charge in [0.25, 0.3) is 0 Å². The van der Waals surface area contributed by atoms with Crippen molar-refractivity contribution < 1.29 is 23.7 Å². The van der Waals surface area contributed by atoms with Gasteiger partial charge in [-0.15, -0.1) is 0 Å². The van der Waals surface area contributed by atoms with Crippen LogP contribution in [-0.2, 0) is 0 Å². The first kappa shape index (κ1) is 20.3. The Hall–Kier alpha value is -4.04. The minimum absolute atomic E-state index is 0.0312. The number of nitrogens with one attached hydrogen (secondary N) is 2. The molecular weight excluding hydrogens is 444 g/mol. The van der Waals surface area contributed by atoms with E-state index >= 15 is 0 Å². The highest BCUT2D eigenvalue weighted by Gasteiger charge is 2.34. The van der Waals surface area contributed by atoms with Gasteiger partial charge in [0.15, 0.2) is 23.0 Å². The summed E-state index contributed by atoms with van der Waals surface area (Å²) in [5.41, 5.74) is 5.30. The molecule has 3 aromatic carbocycles. The van der Waals surface area contributed by atoms with Gasteiger partial charge in [0.2, 0.25) is 6.79 Å². The van der Waals surface area contributed by atoms with Crippen LogP contribution in [0.15, 0.2) is 53.1 Å². The van der Waals surface area contributed by atoms with Gasteiger partial charge in [-0.3, -0.25) is 4.79 Å². The molecule has 1 aliphatic carbocycles. The molecular formula is C27H25N4O4+. The zero-order valence-electron chi connectivity index (χ0n) is 19.4. The second-order valence-electron chi connectivity index (χ2n) is 9.21. The first-order valence-corrected chi connectivity index (χ1v) is 12.1. The van der Waals surface area contributed by atoms with Gasteiger partial charge in [0, 0.05) is 22.9 Å². The minimum atomic E-state index is -0.0312. The smallest absolute Gasteiger partial charge is 0.231 e. The van der Waals surface area contributed by atoms with Gasteiger partial charge in [-0.1, -0.05) is 29.4 Å². The molecule has 0 spiro atoms. The Bertz CT molecular complexity index is 1490. The van der Waals surface area contributed by atoms with Gasteiger partial charge in [0.05, 0.1) is 55.0 Å². The SMILES string of the molecule is CC[NH+]1CCN(c2cc(Nc3ccc4c(c3)OCO4)c3c4c(onc24)-c2ccccc2C3=O)CC1. The predicted molar refractivity (Wildman–Crippen MR) is 132 cm³/mol. The van der Waals surface area contributed by atoms with Crippen LogP contribution in [0.4, 0.5) is 17.1 Å². The van der Waals surface area contributed by atoms with Crippen molar-refractivity contribution in [2.45, 2.75) is 6.92 Å². The van der Waals surface area contributed by atoms with Crippen molar-refractivity contribution in [3.63, 3.8) is 0 Å². The lowest BCUT2D eigenvalue weighted by atomic mass is 9.86. The van der Waals surface area contributed by atoms with Gasteiger partial charge in [-0.25, -0.2) is 0 Å². The number of quaternary nitrogens is 1. The summed E-state index contributed by atoms with van der Waals surface area (Å²) in [5.74, 6) is 2.02. The fraction of sp³-hybridized carbons (Fsp3) is 0.259. The van der Waals surface area contributed by atoms with Crippen molar-refractivity contribution in [1.29, 1.82) is 0 Å². The Balaban J connectivity index is 1.41. The number of ether oxygens (including phenoxy) is 2. The van der Waals surface area contributed by atoms with E-state index < -0.39 is 0 Å². The lowest BCUT2D eigenvalue weighted by Gasteiger charge is -2.33. The number of anilines is 3. The zero-order valence-corrected chi connectivity index (χ0v) is 19.4. The van der Waals surface area contributed by atoms with Crippen molar-refractivity contribution in [3.8, 4) is 22.8 Å². The summed E-state index contributed by atoms with van der Waals surface area (Å²) in [4.78, 5) is 17.7. The third-order valence-electron chi connectivity index (χ3n) is 7.34. The maximum Gasteiger partial charge on any atom is 0.231 e. The van der Waals surface area contributed by atoms with E-state index in [2.05, 4.69) is 28.4 Å². The molecule has 176 valence electrons. The highest BCUT2D eigenvalue weighted by atomic mass is 16.7. The molecule has 0 radical (unpaired) electrons. The summed E-state index contributed by atoms with van der Waals surface area (Å²) in [6, 6.07) is 15.3. The quantitative estimate of drug-likeness (QED) is 0.418. The van der Waals surface area contributed by atoms with E-state index in [0.717, 1.165) is 72.0 Å². The maximum atomic E-state index is 13.8. The van der Waals surface area contributed by atoms with Crippen molar-refractivity contribution in [3.05, 3.63) is 59.7 Å². The van der Waals surface area contributed by atoms with Gasteiger partial charge < -0.3 is 29.1 Å². The number of piperazine rings is 1. The Morgan fingerprint density at radius 2 is 1.83 bits per heavy atom. The fourth-order valence-corrected chi connectivity index (χ4v) is 5.43. The minimum Gasteiger partial charge on any atom is -0.454 e. The highest BCUT2D eigenvalue weighted by molar-refractivity contribution is 6.28. The normalized spacial score (nSPS) is 16.6. The number of fused-ring (bicyclic) bond motifs is 3. The average molecular weight is 470 g/mol. The molecule has 8 nitrogen and oxygen atoms in total. The van der Waals surface area contributed by atoms with Crippen LogP contribution in [0.5, 0.6) is 11.5 Å². The summed E-state index contributed by atoms with van der Waals surface area (Å²) < 4.78 is 16.9. The molecule has 1 aromatic heterocycles.